The van der Waals surface area contributed by atoms with Crippen LogP contribution in [0.25, 0.3) is 0 Å². The van der Waals surface area contributed by atoms with Crippen molar-refractivity contribution in [3.8, 4) is 0 Å². The molecule has 0 unspecified atom stereocenters. The second-order valence-electron chi connectivity index (χ2n) is 5.63. The molecule has 0 saturated heterocycles. The average molecular weight is 336 g/mol. The van der Waals surface area contributed by atoms with E-state index < -0.39 is 5.97 Å². The first kappa shape index (κ1) is 22.2. The Morgan fingerprint density at radius 1 is 0.917 bits per heavy atom. The van der Waals surface area contributed by atoms with Crippen molar-refractivity contribution in [2.45, 2.75) is 71.1 Å². The number of hydrogen-bond acceptors (Lipinski definition) is 3. The van der Waals surface area contributed by atoms with E-state index in [9.17, 15) is 4.79 Å². The molecule has 0 radical (unpaired) electrons. The standard InChI is InChI=1S/C20H32O4/c1-2-3-4-5-6-7-8-10-13-16-19(24-23)17-14-11-9-12-15-18-20(21)22/h6-7,9-11,13,17,23H,2-5,8,12,14-16,18H2,1H3,(H,21,22)/b7-6-,11-9-,13-10-,19-17+. The van der Waals surface area contributed by atoms with Crippen molar-refractivity contribution >= 4 is 5.97 Å². The van der Waals surface area contributed by atoms with Crippen molar-refractivity contribution in [3.05, 3.63) is 48.3 Å². The van der Waals surface area contributed by atoms with Gasteiger partial charge in [-0.15, -0.1) is 0 Å². The van der Waals surface area contributed by atoms with Crippen molar-refractivity contribution in [3.63, 3.8) is 0 Å². The molecule has 2 N–H and O–H groups in total. The maximum atomic E-state index is 10.4. The zero-order chi connectivity index (χ0) is 17.9. The highest BCUT2D eigenvalue weighted by atomic mass is 17.1. The summed E-state index contributed by atoms with van der Waals surface area (Å²) in [4.78, 5) is 14.7. The monoisotopic (exact) mass is 336 g/mol. The Morgan fingerprint density at radius 2 is 1.58 bits per heavy atom. The van der Waals surface area contributed by atoms with E-state index in [2.05, 4.69) is 30.0 Å². The molecule has 0 spiro atoms. The minimum Gasteiger partial charge on any atom is -0.481 e. The molecule has 0 aromatic rings. The molecule has 4 heteroatoms. The van der Waals surface area contributed by atoms with E-state index in [1.165, 1.54) is 19.3 Å². The molecular formula is C20H32O4. The van der Waals surface area contributed by atoms with E-state index in [0.717, 1.165) is 19.3 Å². The van der Waals surface area contributed by atoms with Gasteiger partial charge in [0, 0.05) is 12.8 Å². The van der Waals surface area contributed by atoms with E-state index in [4.69, 9.17) is 10.4 Å². The van der Waals surface area contributed by atoms with E-state index in [1.54, 1.807) is 0 Å². The molecule has 0 rings (SSSR count). The van der Waals surface area contributed by atoms with E-state index >= 15 is 0 Å². The predicted octanol–water partition coefficient (Wildman–Crippen LogP) is 6.03. The van der Waals surface area contributed by atoms with Gasteiger partial charge in [0.15, 0.2) is 0 Å². The number of carboxylic acid groups (broad SMARTS) is 1. The minimum atomic E-state index is -0.762. The lowest BCUT2D eigenvalue weighted by Crippen LogP contribution is -1.92. The molecule has 0 aliphatic carbocycles. The first-order valence-electron chi connectivity index (χ1n) is 8.88. The Hall–Kier alpha value is -1.81. The second-order valence-corrected chi connectivity index (χ2v) is 5.63. The van der Waals surface area contributed by atoms with Crippen LogP contribution in [0.1, 0.15) is 71.1 Å². The largest absolute Gasteiger partial charge is 0.481 e. The highest BCUT2D eigenvalue weighted by molar-refractivity contribution is 5.66. The number of rotatable bonds is 15. The molecule has 0 aliphatic rings. The highest BCUT2D eigenvalue weighted by Crippen LogP contribution is 2.07. The van der Waals surface area contributed by atoms with Gasteiger partial charge in [-0.2, -0.15) is 0 Å². The van der Waals surface area contributed by atoms with Gasteiger partial charge < -0.3 is 9.99 Å². The summed E-state index contributed by atoms with van der Waals surface area (Å²) in [7, 11) is 0. The van der Waals surface area contributed by atoms with Crippen molar-refractivity contribution < 1.29 is 20.0 Å². The Bertz CT molecular complexity index is 419. The molecule has 0 aromatic carbocycles. The van der Waals surface area contributed by atoms with Crippen LogP contribution in [-0.4, -0.2) is 16.3 Å². The number of hydrogen-bond donors (Lipinski definition) is 2. The number of allylic oxidation sites excluding steroid dienone is 7. The van der Waals surface area contributed by atoms with Crippen LogP contribution in [0.4, 0.5) is 0 Å². The SMILES string of the molecule is CCCCC/C=C\C/C=C\C/C(=C\C/C=C\CCCC(=O)O)OO. The lowest BCUT2D eigenvalue weighted by atomic mass is 10.2. The predicted molar refractivity (Wildman–Crippen MR) is 98.7 cm³/mol. The molecule has 0 amide bonds. The van der Waals surface area contributed by atoms with Crippen LogP contribution < -0.4 is 0 Å². The van der Waals surface area contributed by atoms with Crippen molar-refractivity contribution in [1.82, 2.24) is 0 Å². The summed E-state index contributed by atoms with van der Waals surface area (Å²) in [5.41, 5.74) is 0. The fraction of sp³-hybridized carbons (Fsp3) is 0.550. The Labute approximate surface area is 146 Å². The fourth-order valence-corrected chi connectivity index (χ4v) is 2.04. The highest BCUT2D eigenvalue weighted by Gasteiger charge is 1.94. The maximum Gasteiger partial charge on any atom is 0.303 e. The minimum absolute atomic E-state index is 0.197. The summed E-state index contributed by atoms with van der Waals surface area (Å²) in [6.45, 7) is 2.20. The van der Waals surface area contributed by atoms with Crippen LogP contribution in [0.2, 0.25) is 0 Å². The quantitative estimate of drug-likeness (QED) is 0.126. The summed E-state index contributed by atoms with van der Waals surface area (Å²) >= 11 is 0. The Morgan fingerprint density at radius 3 is 2.25 bits per heavy atom. The molecule has 4 nitrogen and oxygen atoms in total. The summed E-state index contributed by atoms with van der Waals surface area (Å²) in [6, 6.07) is 0. The van der Waals surface area contributed by atoms with Gasteiger partial charge in [-0.25, -0.2) is 5.26 Å². The summed E-state index contributed by atoms with van der Waals surface area (Å²) in [5, 5.41) is 17.4. The zero-order valence-corrected chi connectivity index (χ0v) is 14.8. The zero-order valence-electron chi connectivity index (χ0n) is 14.8. The maximum absolute atomic E-state index is 10.4. The van der Waals surface area contributed by atoms with Gasteiger partial charge in [0.1, 0.15) is 5.76 Å². The van der Waals surface area contributed by atoms with Gasteiger partial charge in [0.05, 0.1) is 0 Å². The Balaban J connectivity index is 3.82. The molecular weight excluding hydrogens is 304 g/mol. The van der Waals surface area contributed by atoms with Gasteiger partial charge in [-0.1, -0.05) is 56.2 Å². The normalized spacial score (nSPS) is 12.7. The van der Waals surface area contributed by atoms with Gasteiger partial charge in [0.25, 0.3) is 0 Å². The lowest BCUT2D eigenvalue weighted by molar-refractivity contribution is -0.204. The van der Waals surface area contributed by atoms with Crippen molar-refractivity contribution in [1.29, 1.82) is 0 Å². The molecule has 0 heterocycles. The van der Waals surface area contributed by atoms with Crippen LogP contribution in [0.15, 0.2) is 48.3 Å². The van der Waals surface area contributed by atoms with Crippen LogP contribution >= 0.6 is 0 Å². The molecule has 136 valence electrons. The topological polar surface area (TPSA) is 66.8 Å². The van der Waals surface area contributed by atoms with Gasteiger partial charge >= 0.3 is 5.97 Å². The van der Waals surface area contributed by atoms with E-state index in [-0.39, 0.29) is 6.42 Å². The molecule has 0 saturated carbocycles. The van der Waals surface area contributed by atoms with E-state index in [1.807, 2.05) is 24.3 Å². The van der Waals surface area contributed by atoms with Crippen LogP contribution in [0.5, 0.6) is 0 Å². The number of carbonyl (C=O) groups is 1. The second kappa shape index (κ2) is 17.5. The third-order valence-corrected chi connectivity index (χ3v) is 3.43. The Kier molecular flexibility index (Phi) is 16.2. The van der Waals surface area contributed by atoms with E-state index in [0.29, 0.717) is 25.0 Å². The number of unbranched alkanes of at least 4 members (excludes halogenated alkanes) is 4. The van der Waals surface area contributed by atoms with Crippen LogP contribution in [-0.2, 0) is 9.68 Å². The molecule has 0 bridgehead atoms. The molecule has 0 fully saturated rings. The fourth-order valence-electron chi connectivity index (χ4n) is 2.04. The molecule has 24 heavy (non-hydrogen) atoms. The third-order valence-electron chi connectivity index (χ3n) is 3.43. The summed E-state index contributed by atoms with van der Waals surface area (Å²) in [6.07, 6.45) is 22.8. The molecule has 0 aliphatic heterocycles. The van der Waals surface area contributed by atoms with Gasteiger partial charge in [-0.3, -0.25) is 4.79 Å². The first-order valence-corrected chi connectivity index (χ1v) is 8.88. The lowest BCUT2D eigenvalue weighted by Gasteiger charge is -1.98. The first-order chi connectivity index (χ1) is 11.7. The third kappa shape index (κ3) is 16.6. The summed E-state index contributed by atoms with van der Waals surface area (Å²) in [5.74, 6) is -0.241. The average Bonchev–Trinajstić information content (AvgIpc) is 2.57. The number of aliphatic carboxylic acids is 1. The molecule has 0 aromatic heterocycles. The smallest absolute Gasteiger partial charge is 0.303 e. The van der Waals surface area contributed by atoms with Gasteiger partial charge in [-0.05, 0) is 44.6 Å². The summed E-state index contributed by atoms with van der Waals surface area (Å²) < 4.78 is 0. The number of carboxylic acids is 1. The van der Waals surface area contributed by atoms with Crippen molar-refractivity contribution in [2.24, 2.45) is 0 Å². The molecule has 0 atom stereocenters. The van der Waals surface area contributed by atoms with Gasteiger partial charge in [0.2, 0.25) is 0 Å². The van der Waals surface area contributed by atoms with Crippen LogP contribution in [0.3, 0.4) is 0 Å². The van der Waals surface area contributed by atoms with Crippen molar-refractivity contribution in [2.75, 3.05) is 0 Å². The van der Waals surface area contributed by atoms with Crippen LogP contribution in [0, 0.1) is 0 Å².